The van der Waals surface area contributed by atoms with Crippen molar-refractivity contribution in [2.75, 3.05) is 24.7 Å². The van der Waals surface area contributed by atoms with Gasteiger partial charge in [-0.3, -0.25) is 0 Å². The van der Waals surface area contributed by atoms with Crippen LogP contribution in [0.1, 0.15) is 90.9 Å². The van der Waals surface area contributed by atoms with E-state index in [4.69, 9.17) is 4.74 Å². The molecule has 1 aliphatic rings. The Bertz CT molecular complexity index is 283. The van der Waals surface area contributed by atoms with Crippen LogP contribution >= 0.6 is 0 Å². The Hall–Kier alpha value is 0.340. The second kappa shape index (κ2) is 18.1. The van der Waals surface area contributed by atoms with Crippen molar-refractivity contribution < 1.29 is 17.1 Å². The van der Waals surface area contributed by atoms with E-state index in [2.05, 4.69) is 25.3 Å². The molecule has 0 bridgehead atoms. The molecule has 0 spiro atoms. The molecule has 0 aromatic carbocycles. The summed E-state index contributed by atoms with van der Waals surface area (Å²) in [7, 11) is 0.525. The van der Waals surface area contributed by atoms with Gasteiger partial charge in [0.1, 0.15) is 16.9 Å². The lowest BCUT2D eigenvalue weighted by molar-refractivity contribution is -0.00000606. The van der Waals surface area contributed by atoms with E-state index in [-0.39, 0.29) is 12.4 Å². The van der Waals surface area contributed by atoms with Crippen LogP contribution in [0, 0.1) is 5.92 Å². The van der Waals surface area contributed by atoms with Crippen LogP contribution in [0.25, 0.3) is 0 Å². The van der Waals surface area contributed by atoms with Crippen molar-refractivity contribution in [3.63, 3.8) is 0 Å². The van der Waals surface area contributed by atoms with E-state index in [0.29, 0.717) is 10.9 Å². The fourth-order valence-corrected chi connectivity index (χ4v) is 4.91. The van der Waals surface area contributed by atoms with Crippen LogP contribution in [-0.4, -0.2) is 24.7 Å². The highest BCUT2D eigenvalue weighted by molar-refractivity contribution is 7.99. The fourth-order valence-electron chi connectivity index (χ4n) is 3.15. The van der Waals surface area contributed by atoms with Crippen LogP contribution in [-0.2, 0) is 15.6 Å². The third-order valence-electron chi connectivity index (χ3n) is 4.86. The average molecular weight is 377 g/mol. The first-order valence-electron chi connectivity index (χ1n) is 10.2. The van der Waals surface area contributed by atoms with E-state index in [1.165, 1.54) is 88.6 Å². The van der Waals surface area contributed by atoms with E-state index in [0.717, 1.165) is 19.1 Å². The molecule has 0 N–H and O–H groups in total. The molecule has 0 saturated heterocycles. The van der Waals surface area contributed by atoms with Crippen LogP contribution in [0.4, 0.5) is 0 Å². The Morgan fingerprint density at radius 1 is 0.958 bits per heavy atom. The lowest BCUT2D eigenvalue weighted by atomic mass is 9.99. The first-order valence-corrected chi connectivity index (χ1v) is 11.9. The van der Waals surface area contributed by atoms with Gasteiger partial charge >= 0.3 is 0 Å². The summed E-state index contributed by atoms with van der Waals surface area (Å²) >= 11 is 0. The Morgan fingerprint density at radius 3 is 2.33 bits per heavy atom. The van der Waals surface area contributed by atoms with E-state index in [9.17, 15) is 0 Å². The zero-order chi connectivity index (χ0) is 16.6. The molecule has 0 radical (unpaired) electrons. The third kappa shape index (κ3) is 14.7. The first-order chi connectivity index (χ1) is 11.3. The first kappa shape index (κ1) is 24.3. The van der Waals surface area contributed by atoms with Gasteiger partial charge in [-0.2, -0.15) is 0 Å². The minimum absolute atomic E-state index is 0. The minimum Gasteiger partial charge on any atom is -1.00 e. The standard InChI is InChI=1S/C21H41OS.ClH/c1-3-4-5-6-7-8-9-11-14-21(2)15-16-22-17-20-23-18-12-10-13-19-23;/h12,18,21H,3-11,13-17,19-20H2,1-2H3;1H/q+1;/p-1. The Kier molecular flexibility index (Phi) is 18.4. The lowest BCUT2D eigenvalue weighted by Crippen LogP contribution is -3.00. The molecule has 0 aromatic heterocycles. The highest BCUT2D eigenvalue weighted by atomic mass is 35.5. The van der Waals surface area contributed by atoms with Gasteiger partial charge in [0.15, 0.2) is 0 Å². The highest BCUT2D eigenvalue weighted by Gasteiger charge is 2.16. The molecule has 0 aliphatic carbocycles. The van der Waals surface area contributed by atoms with Crippen LogP contribution in [0.3, 0.4) is 0 Å². The monoisotopic (exact) mass is 376 g/mol. The van der Waals surface area contributed by atoms with Crippen LogP contribution in [0.5, 0.6) is 0 Å². The molecular weight excluding hydrogens is 336 g/mol. The number of unbranched alkanes of at least 4 members (excludes halogenated alkanes) is 7. The predicted octanol–water partition coefficient (Wildman–Crippen LogP) is 3.49. The van der Waals surface area contributed by atoms with E-state index in [1.807, 2.05) is 0 Å². The maximum atomic E-state index is 5.86. The summed E-state index contributed by atoms with van der Waals surface area (Å²) in [6.07, 6.45) is 19.1. The van der Waals surface area contributed by atoms with Gasteiger partial charge < -0.3 is 17.1 Å². The smallest absolute Gasteiger partial charge is 0.136 e. The Labute approximate surface area is 161 Å². The van der Waals surface area contributed by atoms with Crippen molar-refractivity contribution >= 4 is 10.9 Å². The summed E-state index contributed by atoms with van der Waals surface area (Å²) in [6, 6.07) is 0. The van der Waals surface area contributed by atoms with Gasteiger partial charge in [-0.1, -0.05) is 71.6 Å². The van der Waals surface area contributed by atoms with Gasteiger partial charge in [0.05, 0.1) is 6.61 Å². The molecule has 2 atom stereocenters. The maximum absolute atomic E-state index is 5.86. The van der Waals surface area contributed by atoms with Crippen molar-refractivity contribution in [3.8, 4) is 0 Å². The molecule has 0 aromatic rings. The summed E-state index contributed by atoms with van der Waals surface area (Å²) < 4.78 is 5.86. The van der Waals surface area contributed by atoms with Crippen molar-refractivity contribution in [1.82, 2.24) is 0 Å². The Morgan fingerprint density at radius 2 is 1.67 bits per heavy atom. The normalized spacial score (nSPS) is 18.3. The van der Waals surface area contributed by atoms with Gasteiger partial charge in [-0.05, 0) is 31.3 Å². The van der Waals surface area contributed by atoms with Crippen LogP contribution in [0.15, 0.2) is 11.5 Å². The quantitative estimate of drug-likeness (QED) is 0.314. The van der Waals surface area contributed by atoms with Crippen LogP contribution < -0.4 is 12.4 Å². The van der Waals surface area contributed by atoms with Gasteiger partial charge in [0.2, 0.25) is 0 Å². The molecule has 144 valence electrons. The van der Waals surface area contributed by atoms with Gasteiger partial charge in [-0.25, -0.2) is 0 Å². The molecule has 2 unspecified atom stereocenters. The zero-order valence-corrected chi connectivity index (χ0v) is 17.8. The third-order valence-corrected chi connectivity index (χ3v) is 6.94. The molecule has 1 nitrogen and oxygen atoms in total. The number of halogens is 1. The van der Waals surface area contributed by atoms with E-state index in [1.54, 1.807) is 0 Å². The molecular formula is C21H41ClOS. The summed E-state index contributed by atoms with van der Waals surface area (Å²) in [5.74, 6) is 3.49. The molecule has 1 heterocycles. The topological polar surface area (TPSA) is 9.23 Å². The summed E-state index contributed by atoms with van der Waals surface area (Å²) in [6.45, 7) is 6.63. The second-order valence-electron chi connectivity index (χ2n) is 7.23. The van der Waals surface area contributed by atoms with Crippen molar-refractivity contribution in [2.24, 2.45) is 5.92 Å². The fraction of sp³-hybridized carbons (Fsp3) is 0.905. The van der Waals surface area contributed by atoms with Crippen molar-refractivity contribution in [2.45, 2.75) is 90.9 Å². The van der Waals surface area contributed by atoms with E-state index < -0.39 is 0 Å². The van der Waals surface area contributed by atoms with Gasteiger partial charge in [0.25, 0.3) is 0 Å². The molecule has 24 heavy (non-hydrogen) atoms. The number of hydrogen-bond donors (Lipinski definition) is 0. The predicted molar refractivity (Wildman–Crippen MR) is 107 cm³/mol. The number of rotatable bonds is 15. The average Bonchev–Trinajstić information content (AvgIpc) is 2.58. The maximum Gasteiger partial charge on any atom is 0.136 e. The summed E-state index contributed by atoms with van der Waals surface area (Å²) in [5, 5.41) is 2.43. The van der Waals surface area contributed by atoms with Crippen molar-refractivity contribution in [1.29, 1.82) is 0 Å². The van der Waals surface area contributed by atoms with Gasteiger partial charge in [-0.15, -0.1) is 0 Å². The molecule has 1 aliphatic heterocycles. The largest absolute Gasteiger partial charge is 1.00 e. The SMILES string of the molecule is CCCCCCCCCCC(C)CCOCC[S+]1C=CCCC1.[Cl-]. The summed E-state index contributed by atoms with van der Waals surface area (Å²) in [5.41, 5.74) is 0. The number of ether oxygens (including phenoxy) is 1. The number of allylic oxidation sites excluding steroid dienone is 1. The molecule has 0 fully saturated rings. The summed E-state index contributed by atoms with van der Waals surface area (Å²) in [4.78, 5) is 0. The van der Waals surface area contributed by atoms with E-state index >= 15 is 0 Å². The molecule has 0 amide bonds. The molecule has 1 rings (SSSR count). The second-order valence-corrected chi connectivity index (χ2v) is 9.39. The highest BCUT2D eigenvalue weighted by Crippen LogP contribution is 2.16. The lowest BCUT2D eigenvalue weighted by Gasteiger charge is -2.12. The van der Waals surface area contributed by atoms with Crippen molar-refractivity contribution in [3.05, 3.63) is 11.5 Å². The van der Waals surface area contributed by atoms with Gasteiger partial charge in [0, 0.05) is 17.5 Å². The number of hydrogen-bond acceptors (Lipinski definition) is 1. The molecule has 3 heteroatoms. The van der Waals surface area contributed by atoms with Crippen LogP contribution in [0.2, 0.25) is 0 Å². The molecule has 0 saturated carbocycles. The minimum atomic E-state index is 0. The Balaban J connectivity index is 0.00000529. The zero-order valence-electron chi connectivity index (χ0n) is 16.2.